The standard InChI is InChI=1S/C17H11F5O2S/c1-2-23-10-4-3-9-5-15(25-14(9)8-10)17(21,22)24-11-6-12(18)16(20)13(19)7-11/h3-8H,2H2,1H3. The molecule has 2 nitrogen and oxygen atoms in total. The summed E-state index contributed by atoms with van der Waals surface area (Å²) in [6.45, 7) is 2.23. The van der Waals surface area contributed by atoms with Crippen LogP contribution in [0, 0.1) is 17.5 Å². The van der Waals surface area contributed by atoms with Crippen LogP contribution in [0.5, 0.6) is 11.5 Å². The van der Waals surface area contributed by atoms with E-state index in [0.29, 0.717) is 34.6 Å². The van der Waals surface area contributed by atoms with Gasteiger partial charge in [-0.25, -0.2) is 13.2 Å². The van der Waals surface area contributed by atoms with Crippen molar-refractivity contribution in [2.75, 3.05) is 6.61 Å². The van der Waals surface area contributed by atoms with Gasteiger partial charge >= 0.3 is 6.11 Å². The quantitative estimate of drug-likeness (QED) is 0.412. The maximum absolute atomic E-state index is 14.3. The van der Waals surface area contributed by atoms with E-state index >= 15 is 0 Å². The highest BCUT2D eigenvalue weighted by Crippen LogP contribution is 2.40. The molecule has 0 aliphatic carbocycles. The minimum Gasteiger partial charge on any atom is -0.494 e. The summed E-state index contributed by atoms with van der Waals surface area (Å²) < 4.78 is 78.1. The van der Waals surface area contributed by atoms with Crippen molar-refractivity contribution in [3.63, 3.8) is 0 Å². The lowest BCUT2D eigenvalue weighted by atomic mass is 10.2. The molecular formula is C17H11F5O2S. The molecule has 8 heteroatoms. The average molecular weight is 374 g/mol. The molecule has 25 heavy (non-hydrogen) atoms. The van der Waals surface area contributed by atoms with Gasteiger partial charge in [-0.3, -0.25) is 0 Å². The number of fused-ring (bicyclic) bond motifs is 1. The van der Waals surface area contributed by atoms with Crippen molar-refractivity contribution in [3.05, 3.63) is 58.7 Å². The second-order valence-corrected chi connectivity index (χ2v) is 6.15. The third-order valence-electron chi connectivity index (χ3n) is 3.29. The van der Waals surface area contributed by atoms with E-state index in [4.69, 9.17) is 4.74 Å². The summed E-state index contributed by atoms with van der Waals surface area (Å²) in [5.74, 6) is -5.24. The van der Waals surface area contributed by atoms with Crippen LogP contribution in [0.4, 0.5) is 22.0 Å². The molecule has 0 atom stereocenters. The van der Waals surface area contributed by atoms with Gasteiger partial charge in [-0.2, -0.15) is 8.78 Å². The molecule has 0 N–H and O–H groups in total. The minimum absolute atomic E-state index is 0.368. The fourth-order valence-corrected chi connectivity index (χ4v) is 3.20. The maximum Gasteiger partial charge on any atom is 0.436 e. The van der Waals surface area contributed by atoms with E-state index in [2.05, 4.69) is 4.74 Å². The van der Waals surface area contributed by atoms with Crippen LogP contribution in [0.25, 0.3) is 10.1 Å². The highest BCUT2D eigenvalue weighted by atomic mass is 32.1. The summed E-state index contributed by atoms with van der Waals surface area (Å²) in [5, 5.41) is 0.545. The van der Waals surface area contributed by atoms with Gasteiger partial charge in [0.1, 0.15) is 16.4 Å². The van der Waals surface area contributed by atoms with Crippen LogP contribution in [0.3, 0.4) is 0 Å². The van der Waals surface area contributed by atoms with Crippen molar-refractivity contribution in [1.29, 1.82) is 0 Å². The SMILES string of the molecule is CCOc1ccc2cc(C(F)(F)Oc3cc(F)c(F)c(F)c3)sc2c1. The van der Waals surface area contributed by atoms with Gasteiger partial charge in [-0.1, -0.05) is 0 Å². The minimum atomic E-state index is -3.84. The number of halogens is 5. The van der Waals surface area contributed by atoms with E-state index in [1.165, 1.54) is 6.07 Å². The second-order valence-electron chi connectivity index (χ2n) is 5.06. The summed E-state index contributed by atoms with van der Waals surface area (Å²) in [6, 6.07) is 6.83. The average Bonchev–Trinajstić information content (AvgIpc) is 2.97. The van der Waals surface area contributed by atoms with Crippen molar-refractivity contribution >= 4 is 21.4 Å². The lowest BCUT2D eigenvalue weighted by Gasteiger charge is -2.16. The molecular weight excluding hydrogens is 363 g/mol. The van der Waals surface area contributed by atoms with E-state index in [-0.39, 0.29) is 0 Å². The van der Waals surface area contributed by atoms with E-state index in [9.17, 15) is 22.0 Å². The Morgan fingerprint density at radius 1 is 0.960 bits per heavy atom. The zero-order chi connectivity index (χ0) is 18.2. The van der Waals surface area contributed by atoms with Crippen molar-refractivity contribution in [2.24, 2.45) is 0 Å². The number of hydrogen-bond acceptors (Lipinski definition) is 3. The van der Waals surface area contributed by atoms with Crippen LogP contribution in [-0.4, -0.2) is 6.61 Å². The van der Waals surface area contributed by atoms with Crippen molar-refractivity contribution < 1.29 is 31.4 Å². The molecule has 0 unspecified atom stereocenters. The highest BCUT2D eigenvalue weighted by molar-refractivity contribution is 7.19. The Morgan fingerprint density at radius 2 is 1.64 bits per heavy atom. The molecule has 1 heterocycles. The second kappa shape index (κ2) is 6.51. The third kappa shape index (κ3) is 3.53. The molecule has 2 aromatic carbocycles. The number of benzene rings is 2. The van der Waals surface area contributed by atoms with Gasteiger partial charge in [0.05, 0.1) is 6.61 Å². The monoisotopic (exact) mass is 374 g/mol. The number of alkyl halides is 2. The maximum atomic E-state index is 14.3. The molecule has 1 aromatic heterocycles. The summed E-state index contributed by atoms with van der Waals surface area (Å²) in [6.07, 6.45) is -3.84. The van der Waals surface area contributed by atoms with Gasteiger partial charge in [-0.15, -0.1) is 11.3 Å². The Balaban J connectivity index is 1.92. The van der Waals surface area contributed by atoms with E-state index in [0.717, 1.165) is 11.3 Å². The Kier molecular flexibility index (Phi) is 4.55. The van der Waals surface area contributed by atoms with Crippen molar-refractivity contribution in [1.82, 2.24) is 0 Å². The Morgan fingerprint density at radius 3 is 2.28 bits per heavy atom. The van der Waals surface area contributed by atoms with E-state index in [1.807, 2.05) is 0 Å². The number of rotatable bonds is 5. The summed E-state index contributed by atoms with van der Waals surface area (Å²) >= 11 is 0.758. The molecule has 3 rings (SSSR count). The van der Waals surface area contributed by atoms with Crippen LogP contribution in [0.2, 0.25) is 0 Å². The molecule has 0 amide bonds. The Hall–Kier alpha value is -2.35. The van der Waals surface area contributed by atoms with Crippen LogP contribution < -0.4 is 9.47 Å². The third-order valence-corrected chi connectivity index (χ3v) is 4.44. The molecule has 0 saturated heterocycles. The Labute approximate surface area is 143 Å². The fraction of sp³-hybridized carbons (Fsp3) is 0.176. The topological polar surface area (TPSA) is 18.5 Å². The number of hydrogen-bond donors (Lipinski definition) is 0. The van der Waals surface area contributed by atoms with Gasteiger partial charge < -0.3 is 9.47 Å². The molecule has 0 bridgehead atoms. The van der Waals surface area contributed by atoms with Crippen LogP contribution in [-0.2, 0) is 6.11 Å². The molecule has 0 radical (unpaired) electrons. The first kappa shape index (κ1) is 17.5. The molecule has 0 saturated carbocycles. The van der Waals surface area contributed by atoms with Gasteiger partial charge in [-0.05, 0) is 36.6 Å². The van der Waals surface area contributed by atoms with Crippen LogP contribution >= 0.6 is 11.3 Å². The van der Waals surface area contributed by atoms with Crippen LogP contribution in [0.15, 0.2) is 36.4 Å². The van der Waals surface area contributed by atoms with E-state index < -0.39 is 34.2 Å². The summed E-state index contributed by atoms with van der Waals surface area (Å²) in [5.41, 5.74) is 0. The van der Waals surface area contributed by atoms with Crippen LogP contribution in [0.1, 0.15) is 11.8 Å². The molecule has 0 aliphatic heterocycles. The van der Waals surface area contributed by atoms with Gasteiger partial charge in [0.2, 0.25) is 0 Å². The molecule has 3 aromatic rings. The first-order valence-electron chi connectivity index (χ1n) is 7.18. The smallest absolute Gasteiger partial charge is 0.436 e. The zero-order valence-corrected chi connectivity index (χ0v) is 13.6. The van der Waals surface area contributed by atoms with Gasteiger partial charge in [0.25, 0.3) is 0 Å². The van der Waals surface area contributed by atoms with E-state index in [1.54, 1.807) is 25.1 Å². The molecule has 0 fully saturated rings. The number of thiophene rings is 1. The Bertz CT molecular complexity index is 900. The predicted molar refractivity (Wildman–Crippen MR) is 83.8 cm³/mol. The summed E-state index contributed by atoms with van der Waals surface area (Å²) in [4.78, 5) is -0.457. The molecule has 132 valence electrons. The zero-order valence-electron chi connectivity index (χ0n) is 12.8. The lowest BCUT2D eigenvalue weighted by Crippen LogP contribution is -2.20. The largest absolute Gasteiger partial charge is 0.494 e. The highest BCUT2D eigenvalue weighted by Gasteiger charge is 2.37. The normalized spacial score (nSPS) is 11.8. The van der Waals surface area contributed by atoms with Gasteiger partial charge in [0.15, 0.2) is 17.5 Å². The first-order chi connectivity index (χ1) is 11.8. The van der Waals surface area contributed by atoms with Gasteiger partial charge in [0, 0.05) is 16.8 Å². The lowest BCUT2D eigenvalue weighted by molar-refractivity contribution is -0.182. The fourth-order valence-electron chi connectivity index (χ4n) is 2.20. The number of ether oxygens (including phenoxy) is 2. The molecule has 0 spiro atoms. The van der Waals surface area contributed by atoms with Crippen molar-refractivity contribution in [2.45, 2.75) is 13.0 Å². The van der Waals surface area contributed by atoms with Crippen molar-refractivity contribution in [3.8, 4) is 11.5 Å². The molecule has 0 aliphatic rings. The summed E-state index contributed by atoms with van der Waals surface area (Å²) in [7, 11) is 0. The predicted octanol–water partition coefficient (Wildman–Crippen LogP) is 5.85. The first-order valence-corrected chi connectivity index (χ1v) is 8.00.